The number of benzene rings is 1. The monoisotopic (exact) mass is 386 g/mol. The lowest BCUT2D eigenvalue weighted by Crippen LogP contribution is -2.35. The fourth-order valence-corrected chi connectivity index (χ4v) is 2.97. The summed E-state index contributed by atoms with van der Waals surface area (Å²) in [5.74, 6) is -1.30. The third-order valence-corrected chi connectivity index (χ3v) is 4.91. The molecule has 1 aromatic rings. The molecule has 1 rings (SSSR count). The van der Waals surface area contributed by atoms with Gasteiger partial charge < -0.3 is 4.74 Å². The van der Waals surface area contributed by atoms with Crippen molar-refractivity contribution in [3.8, 4) is 0 Å². The Morgan fingerprint density at radius 2 is 1.19 bits per heavy atom. The van der Waals surface area contributed by atoms with Crippen LogP contribution in [-0.2, 0) is 46.5 Å². The third kappa shape index (κ3) is 4.80. The second-order valence-corrected chi connectivity index (χ2v) is 7.02. The van der Waals surface area contributed by atoms with Gasteiger partial charge in [0, 0.05) is 0 Å². The normalized spacial score (nSPS) is 12.1. The molecule has 0 saturated carbocycles. The van der Waals surface area contributed by atoms with Crippen LogP contribution in [0.15, 0.2) is 0 Å². The van der Waals surface area contributed by atoms with Crippen LogP contribution in [0.5, 0.6) is 0 Å². The van der Waals surface area contributed by atoms with Crippen molar-refractivity contribution in [3.05, 3.63) is 33.4 Å². The Hall–Kier alpha value is -1.22. The molecular formula is C14H13B5F2O5S. The van der Waals surface area contributed by atoms with E-state index in [-0.39, 0.29) is 48.3 Å². The zero-order valence-electron chi connectivity index (χ0n) is 14.4. The number of carbonyl (C=O) groups is 1. The molecule has 134 valence electrons. The summed E-state index contributed by atoms with van der Waals surface area (Å²) in [5, 5.41) is -4.68. The van der Waals surface area contributed by atoms with Gasteiger partial charge in [0.05, 0.1) is 44.8 Å². The van der Waals surface area contributed by atoms with Crippen LogP contribution in [0.4, 0.5) is 8.78 Å². The number of esters is 1. The van der Waals surface area contributed by atoms with Crippen LogP contribution in [-0.4, -0.2) is 70.0 Å². The van der Waals surface area contributed by atoms with E-state index < -0.39 is 27.9 Å². The van der Waals surface area contributed by atoms with Crippen molar-refractivity contribution >= 4 is 55.3 Å². The van der Waals surface area contributed by atoms with Crippen LogP contribution in [0, 0.1) is 0 Å². The standard InChI is InChI=1S/C14H13B5F2O5S/c15-1-7-8(2-16)10(4-18)12(11(5-19)9(7)3-17)13(22)26-6-14(20,21)27(23,24)25/h1-6H2,(H,23,24,25). The van der Waals surface area contributed by atoms with E-state index in [4.69, 9.17) is 43.8 Å². The first-order chi connectivity index (χ1) is 12.5. The van der Waals surface area contributed by atoms with Crippen molar-refractivity contribution in [2.45, 2.75) is 36.9 Å². The van der Waals surface area contributed by atoms with Gasteiger partial charge in [0.15, 0.2) is 6.61 Å². The highest BCUT2D eigenvalue weighted by molar-refractivity contribution is 7.86. The van der Waals surface area contributed by atoms with Gasteiger partial charge in [-0.1, -0.05) is 48.3 Å². The Morgan fingerprint density at radius 3 is 1.48 bits per heavy atom. The van der Waals surface area contributed by atoms with Gasteiger partial charge in [0.1, 0.15) is 0 Å². The lowest BCUT2D eigenvalue weighted by Gasteiger charge is -2.25. The average molecular weight is 385 g/mol. The quantitative estimate of drug-likeness (QED) is 0.358. The molecule has 0 saturated heterocycles. The number of hydrogen-bond donors (Lipinski definition) is 1. The summed E-state index contributed by atoms with van der Waals surface area (Å²) >= 11 is 0. The van der Waals surface area contributed by atoms with E-state index in [1.165, 1.54) is 0 Å². The molecule has 0 atom stereocenters. The van der Waals surface area contributed by atoms with Gasteiger partial charge in [0.25, 0.3) is 0 Å². The molecule has 0 fully saturated rings. The number of alkyl halides is 2. The second-order valence-electron chi connectivity index (χ2n) is 5.48. The average Bonchev–Trinajstić information content (AvgIpc) is 2.62. The van der Waals surface area contributed by atoms with E-state index in [1.807, 2.05) is 0 Å². The minimum atomic E-state index is -5.76. The zero-order chi connectivity index (χ0) is 21.0. The van der Waals surface area contributed by atoms with Crippen LogP contribution in [0.25, 0.3) is 0 Å². The summed E-state index contributed by atoms with van der Waals surface area (Å²) in [5.41, 5.74) is 1.52. The van der Waals surface area contributed by atoms with Gasteiger partial charge >= 0.3 is 21.3 Å². The number of rotatable bonds is 9. The largest absolute Gasteiger partial charge is 0.454 e. The lowest BCUT2D eigenvalue weighted by molar-refractivity contribution is -0.00963. The molecule has 0 amide bonds. The highest BCUT2D eigenvalue weighted by Gasteiger charge is 2.46. The number of hydrogen-bond acceptors (Lipinski definition) is 4. The number of halogens is 2. The first kappa shape index (κ1) is 23.8. The van der Waals surface area contributed by atoms with Crippen LogP contribution in [0.3, 0.4) is 0 Å². The first-order valence-corrected chi connectivity index (χ1v) is 9.15. The maximum absolute atomic E-state index is 13.4. The summed E-state index contributed by atoms with van der Waals surface area (Å²) in [4.78, 5) is 12.5. The molecular weight excluding hydrogens is 372 g/mol. The van der Waals surface area contributed by atoms with Crippen LogP contribution < -0.4 is 0 Å². The van der Waals surface area contributed by atoms with E-state index in [0.29, 0.717) is 16.7 Å². The molecule has 0 aliphatic carbocycles. The van der Waals surface area contributed by atoms with E-state index >= 15 is 0 Å². The van der Waals surface area contributed by atoms with E-state index in [0.717, 1.165) is 0 Å². The van der Waals surface area contributed by atoms with Crippen LogP contribution >= 0.6 is 0 Å². The van der Waals surface area contributed by atoms with Crippen molar-refractivity contribution in [1.82, 2.24) is 0 Å². The summed E-state index contributed by atoms with van der Waals surface area (Å²) in [6, 6.07) is 0. The van der Waals surface area contributed by atoms with Crippen molar-refractivity contribution in [1.29, 1.82) is 0 Å². The molecule has 0 unspecified atom stereocenters. The van der Waals surface area contributed by atoms with Crippen LogP contribution in [0.2, 0.25) is 0 Å². The summed E-state index contributed by atoms with van der Waals surface area (Å²) < 4.78 is 61.0. The third-order valence-electron chi connectivity index (χ3n) is 4.03. The van der Waals surface area contributed by atoms with Gasteiger partial charge in [-0.05, 0) is 11.1 Å². The number of carbonyl (C=O) groups excluding carboxylic acids is 1. The molecule has 0 bridgehead atoms. The van der Waals surface area contributed by atoms with Crippen molar-refractivity contribution in [2.75, 3.05) is 6.61 Å². The lowest BCUT2D eigenvalue weighted by atomic mass is 9.70. The van der Waals surface area contributed by atoms with Gasteiger partial charge in [-0.15, -0.1) is 0 Å². The van der Waals surface area contributed by atoms with Gasteiger partial charge in [-0.3, -0.25) is 4.55 Å². The maximum Gasteiger partial charge on any atom is 0.402 e. The SMILES string of the molecule is [B]Cc1c(C[B])c(C[B])c(C(=O)OCC(F)(F)S(=O)(=O)O)c(C[B])c1C[B]. The Kier molecular flexibility index (Phi) is 8.22. The number of ether oxygens (including phenoxy) is 1. The van der Waals surface area contributed by atoms with Gasteiger partial charge in [-0.25, -0.2) is 4.79 Å². The van der Waals surface area contributed by atoms with Crippen LogP contribution in [0.1, 0.15) is 38.2 Å². The van der Waals surface area contributed by atoms with Crippen molar-refractivity contribution in [3.63, 3.8) is 0 Å². The highest BCUT2D eigenvalue weighted by Crippen LogP contribution is 2.31. The summed E-state index contributed by atoms with van der Waals surface area (Å²) in [6.07, 6.45) is -0.543. The van der Waals surface area contributed by atoms with Crippen molar-refractivity contribution < 1.29 is 31.3 Å². The molecule has 10 radical (unpaired) electrons. The van der Waals surface area contributed by atoms with Crippen molar-refractivity contribution in [2.24, 2.45) is 0 Å². The second kappa shape index (κ2) is 9.32. The topological polar surface area (TPSA) is 80.7 Å². The maximum atomic E-state index is 13.4. The van der Waals surface area contributed by atoms with E-state index in [2.05, 4.69) is 4.74 Å². The predicted molar refractivity (Wildman–Crippen MR) is 101 cm³/mol. The molecule has 0 aliphatic rings. The zero-order valence-corrected chi connectivity index (χ0v) is 15.2. The van der Waals surface area contributed by atoms with E-state index in [9.17, 15) is 22.0 Å². The Labute approximate surface area is 163 Å². The molecule has 0 aromatic heterocycles. The minimum absolute atomic E-state index is 0.0230. The predicted octanol–water partition coefficient (Wildman–Crippen LogP) is -0.333. The molecule has 0 heterocycles. The Bertz CT molecular complexity index is 784. The molecule has 27 heavy (non-hydrogen) atoms. The molecule has 13 heteroatoms. The minimum Gasteiger partial charge on any atom is -0.454 e. The summed E-state index contributed by atoms with van der Waals surface area (Å²) in [6.45, 7) is -1.90. The highest BCUT2D eigenvalue weighted by atomic mass is 32.2. The van der Waals surface area contributed by atoms with Gasteiger partial charge in [0.2, 0.25) is 0 Å². The molecule has 0 spiro atoms. The summed E-state index contributed by atoms with van der Waals surface area (Å²) in [7, 11) is 22.8. The fourth-order valence-electron chi connectivity index (χ4n) is 2.76. The molecule has 1 N–H and O–H groups in total. The smallest absolute Gasteiger partial charge is 0.402 e. The molecule has 1 aromatic carbocycles. The van der Waals surface area contributed by atoms with Gasteiger partial charge in [-0.2, -0.15) is 17.2 Å². The molecule has 5 nitrogen and oxygen atoms in total. The van der Waals surface area contributed by atoms with E-state index in [1.54, 1.807) is 0 Å². The Balaban J connectivity index is 3.55. The Morgan fingerprint density at radius 1 is 0.852 bits per heavy atom. The first-order valence-electron chi connectivity index (χ1n) is 7.71. The molecule has 0 aliphatic heterocycles. The fraction of sp³-hybridized carbons (Fsp3) is 0.500.